The van der Waals surface area contributed by atoms with Crippen molar-refractivity contribution in [2.75, 3.05) is 26.8 Å². The number of carbonyl (C=O) groups excluding carboxylic acids is 1. The molecule has 1 amide bonds. The van der Waals surface area contributed by atoms with Crippen molar-refractivity contribution in [2.45, 2.75) is 44.1 Å². The van der Waals surface area contributed by atoms with Gasteiger partial charge in [0.1, 0.15) is 5.01 Å². The van der Waals surface area contributed by atoms with Crippen LogP contribution in [0.5, 0.6) is 0 Å². The molecule has 3 heterocycles. The number of carboxylic acids is 1. The van der Waals surface area contributed by atoms with E-state index in [1.807, 2.05) is 16.5 Å². The molecule has 0 radical (unpaired) electrons. The van der Waals surface area contributed by atoms with Crippen molar-refractivity contribution >= 4 is 23.2 Å². The van der Waals surface area contributed by atoms with E-state index >= 15 is 0 Å². The van der Waals surface area contributed by atoms with E-state index in [-0.39, 0.29) is 0 Å². The van der Waals surface area contributed by atoms with Gasteiger partial charge in [0.25, 0.3) is 0 Å². The van der Waals surface area contributed by atoms with Crippen molar-refractivity contribution in [3.8, 4) is 0 Å². The Morgan fingerprint density at radius 1 is 1.41 bits per heavy atom. The summed E-state index contributed by atoms with van der Waals surface area (Å²) in [4.78, 5) is 29.9. The predicted molar refractivity (Wildman–Crippen MR) is 91.2 cm³/mol. The van der Waals surface area contributed by atoms with Crippen molar-refractivity contribution < 1.29 is 32.6 Å². The molecule has 2 saturated heterocycles. The van der Waals surface area contributed by atoms with Gasteiger partial charge >= 0.3 is 12.1 Å². The number of aromatic nitrogens is 1. The molecule has 1 aromatic rings. The fourth-order valence-corrected chi connectivity index (χ4v) is 4.06. The molecule has 0 spiro atoms. The number of rotatable bonds is 5. The molecule has 0 unspecified atom stereocenters. The highest BCUT2D eigenvalue weighted by atomic mass is 32.1. The normalized spacial score (nSPS) is 23.0. The van der Waals surface area contributed by atoms with E-state index in [0.717, 1.165) is 32.5 Å². The lowest BCUT2D eigenvalue weighted by Gasteiger charge is -2.39. The Morgan fingerprint density at radius 3 is 2.67 bits per heavy atom. The zero-order valence-corrected chi connectivity index (χ0v) is 15.6. The van der Waals surface area contributed by atoms with E-state index in [1.165, 1.54) is 5.01 Å². The molecule has 2 aliphatic heterocycles. The number of thiazole rings is 1. The van der Waals surface area contributed by atoms with E-state index in [0.29, 0.717) is 31.0 Å². The zero-order valence-electron chi connectivity index (χ0n) is 14.8. The Labute approximate surface area is 158 Å². The van der Waals surface area contributed by atoms with Crippen LogP contribution in [0, 0.1) is 0 Å². The topological polar surface area (TPSA) is 83.0 Å². The van der Waals surface area contributed by atoms with Gasteiger partial charge in [-0.3, -0.25) is 9.69 Å². The second-order valence-corrected chi connectivity index (χ2v) is 7.22. The van der Waals surface area contributed by atoms with E-state index < -0.39 is 12.1 Å². The minimum absolute atomic E-state index is 0.291. The molecule has 3 rings (SSSR count). The molecular weight excluding hydrogens is 387 g/mol. The van der Waals surface area contributed by atoms with Crippen LogP contribution in [0.15, 0.2) is 11.6 Å². The van der Waals surface area contributed by atoms with Crippen LogP contribution < -0.4 is 0 Å². The van der Waals surface area contributed by atoms with Crippen LogP contribution in [0.4, 0.5) is 13.2 Å². The summed E-state index contributed by atoms with van der Waals surface area (Å²) in [7, 11) is 1.69. The third kappa shape index (κ3) is 5.88. The van der Waals surface area contributed by atoms with Gasteiger partial charge in [-0.1, -0.05) is 0 Å². The summed E-state index contributed by atoms with van der Waals surface area (Å²) in [6.07, 6.45) is -0.494. The Bertz CT molecular complexity index is 627. The number of carboxylic acid groups (broad SMARTS) is 1. The summed E-state index contributed by atoms with van der Waals surface area (Å²) in [5, 5.41) is 10.3. The van der Waals surface area contributed by atoms with E-state index in [4.69, 9.17) is 14.6 Å². The summed E-state index contributed by atoms with van der Waals surface area (Å²) in [5.41, 5.74) is 0. The summed E-state index contributed by atoms with van der Waals surface area (Å²) in [5.74, 6) is -2.47. The number of halogens is 3. The standard InChI is InChI=1S/C14H21N3O2S.C2HF3O2/c1-19-8-7-17-12-4-6-16(10-13-15-5-9-20-13)11(12)2-3-14(17)18;3-2(4,5)1(6)7/h5,9,11-12H,2-4,6-8,10H2,1H3;(H,6,7)/t11-,12-;/m1./s1. The third-order valence-electron chi connectivity index (χ3n) is 4.60. The number of carbonyl (C=O) groups is 2. The monoisotopic (exact) mass is 409 g/mol. The summed E-state index contributed by atoms with van der Waals surface area (Å²) < 4.78 is 36.9. The molecule has 2 aliphatic rings. The average Bonchev–Trinajstić information content (AvgIpc) is 3.24. The minimum Gasteiger partial charge on any atom is -0.475 e. The minimum atomic E-state index is -5.08. The molecule has 0 aliphatic carbocycles. The Morgan fingerprint density at radius 2 is 2.11 bits per heavy atom. The number of piperidine rings is 1. The maximum Gasteiger partial charge on any atom is 0.490 e. The molecule has 7 nitrogen and oxygen atoms in total. The van der Waals surface area contributed by atoms with Gasteiger partial charge in [0.15, 0.2) is 0 Å². The van der Waals surface area contributed by atoms with Crippen molar-refractivity contribution in [1.29, 1.82) is 0 Å². The van der Waals surface area contributed by atoms with Crippen LogP contribution in [0.3, 0.4) is 0 Å². The first-order valence-corrected chi connectivity index (χ1v) is 9.33. The molecular formula is C16H22F3N3O4S. The number of fused-ring (bicyclic) bond motifs is 1. The van der Waals surface area contributed by atoms with Crippen LogP contribution in [-0.2, 0) is 20.9 Å². The maximum atomic E-state index is 12.1. The van der Waals surface area contributed by atoms with Gasteiger partial charge in [0.05, 0.1) is 13.2 Å². The number of alkyl halides is 3. The quantitative estimate of drug-likeness (QED) is 0.801. The van der Waals surface area contributed by atoms with Crippen molar-refractivity contribution in [3.05, 3.63) is 16.6 Å². The summed E-state index contributed by atoms with van der Waals surface area (Å²) >= 11 is 1.71. The van der Waals surface area contributed by atoms with E-state index in [9.17, 15) is 18.0 Å². The lowest BCUT2D eigenvalue weighted by atomic mass is 9.96. The van der Waals surface area contributed by atoms with Crippen LogP contribution >= 0.6 is 11.3 Å². The summed E-state index contributed by atoms with van der Waals surface area (Å²) in [6, 6.07) is 0.861. The Hall–Kier alpha value is -1.72. The van der Waals surface area contributed by atoms with Crippen molar-refractivity contribution in [2.24, 2.45) is 0 Å². The highest BCUT2D eigenvalue weighted by Crippen LogP contribution is 2.32. The number of aliphatic carboxylic acids is 1. The number of methoxy groups -OCH3 is 1. The van der Waals surface area contributed by atoms with Crippen LogP contribution in [0.25, 0.3) is 0 Å². The first-order chi connectivity index (χ1) is 12.7. The van der Waals surface area contributed by atoms with E-state index in [2.05, 4.69) is 9.88 Å². The highest BCUT2D eigenvalue weighted by molar-refractivity contribution is 7.09. The molecule has 152 valence electrons. The Balaban J connectivity index is 0.000000321. The van der Waals surface area contributed by atoms with Gasteiger partial charge in [-0.15, -0.1) is 11.3 Å². The molecule has 1 N–H and O–H groups in total. The molecule has 0 bridgehead atoms. The number of amides is 1. The molecule has 2 fully saturated rings. The van der Waals surface area contributed by atoms with Crippen molar-refractivity contribution in [3.63, 3.8) is 0 Å². The second-order valence-electron chi connectivity index (χ2n) is 6.24. The number of ether oxygens (including phenoxy) is 1. The molecule has 0 saturated carbocycles. The largest absolute Gasteiger partial charge is 0.490 e. The number of nitrogens with zero attached hydrogens (tertiary/aromatic N) is 3. The van der Waals surface area contributed by atoms with Gasteiger partial charge in [-0.05, 0) is 12.8 Å². The molecule has 1 aromatic heterocycles. The fourth-order valence-electron chi connectivity index (χ4n) is 3.42. The predicted octanol–water partition coefficient (Wildman–Crippen LogP) is 1.99. The van der Waals surface area contributed by atoms with Crippen LogP contribution in [-0.4, -0.2) is 76.8 Å². The van der Waals surface area contributed by atoms with E-state index in [1.54, 1.807) is 18.4 Å². The van der Waals surface area contributed by atoms with Gasteiger partial charge in [0, 0.05) is 50.3 Å². The number of hydrogen-bond donors (Lipinski definition) is 1. The smallest absolute Gasteiger partial charge is 0.475 e. The maximum absolute atomic E-state index is 12.1. The summed E-state index contributed by atoms with van der Waals surface area (Å²) in [6.45, 7) is 3.33. The van der Waals surface area contributed by atoms with Gasteiger partial charge in [-0.2, -0.15) is 13.2 Å². The first kappa shape index (κ1) is 21.6. The SMILES string of the molecule is COCCN1C(=O)CC[C@@H]2[C@H]1CCN2Cc1nccs1.O=C(O)C(F)(F)F. The molecule has 27 heavy (non-hydrogen) atoms. The second kappa shape index (κ2) is 9.47. The lowest BCUT2D eigenvalue weighted by Crippen LogP contribution is -2.52. The van der Waals surface area contributed by atoms with Crippen LogP contribution in [0.2, 0.25) is 0 Å². The highest BCUT2D eigenvalue weighted by Gasteiger charge is 2.42. The molecule has 0 aromatic carbocycles. The third-order valence-corrected chi connectivity index (χ3v) is 5.36. The van der Waals surface area contributed by atoms with Gasteiger partial charge in [0.2, 0.25) is 5.91 Å². The lowest BCUT2D eigenvalue weighted by molar-refractivity contribution is -0.192. The first-order valence-electron chi connectivity index (χ1n) is 8.45. The Kier molecular flexibility index (Phi) is 7.57. The fraction of sp³-hybridized carbons (Fsp3) is 0.688. The zero-order chi connectivity index (χ0) is 20.0. The van der Waals surface area contributed by atoms with Crippen molar-refractivity contribution in [1.82, 2.24) is 14.8 Å². The van der Waals surface area contributed by atoms with Gasteiger partial charge in [-0.25, -0.2) is 9.78 Å². The average molecular weight is 409 g/mol. The molecule has 2 atom stereocenters. The number of likely N-dealkylation sites (tertiary alicyclic amines) is 2. The van der Waals surface area contributed by atoms with Crippen LogP contribution in [0.1, 0.15) is 24.3 Å². The van der Waals surface area contributed by atoms with Gasteiger partial charge < -0.3 is 14.7 Å². The molecule has 11 heteroatoms. The number of hydrogen-bond acceptors (Lipinski definition) is 6.